The predicted octanol–water partition coefficient (Wildman–Crippen LogP) is 3.80. The third kappa shape index (κ3) is 4.18. The number of hydrogen-bond donors (Lipinski definition) is 0. The first-order valence-corrected chi connectivity index (χ1v) is 8.95. The van der Waals surface area contributed by atoms with E-state index < -0.39 is 0 Å². The van der Waals surface area contributed by atoms with Crippen LogP contribution in [0.4, 0.5) is 4.39 Å². The maximum atomic E-state index is 13.0. The highest BCUT2D eigenvalue weighted by molar-refractivity contribution is 5.52. The number of benzene rings is 2. The van der Waals surface area contributed by atoms with Gasteiger partial charge in [0, 0.05) is 44.8 Å². The summed E-state index contributed by atoms with van der Waals surface area (Å²) >= 11 is 0. The van der Waals surface area contributed by atoms with E-state index in [1.165, 1.54) is 17.7 Å². The van der Waals surface area contributed by atoms with Gasteiger partial charge in [-0.15, -0.1) is 0 Å². The van der Waals surface area contributed by atoms with Gasteiger partial charge in [0.1, 0.15) is 12.1 Å². The zero-order valence-electron chi connectivity index (χ0n) is 14.6. The Hall–Kier alpha value is -2.50. The largest absolute Gasteiger partial charge is 0.444 e. The van der Waals surface area contributed by atoms with Crippen molar-refractivity contribution in [2.24, 2.45) is 0 Å². The highest BCUT2D eigenvalue weighted by atomic mass is 19.1. The number of halogens is 1. The lowest BCUT2D eigenvalue weighted by atomic mass is 10.2. The van der Waals surface area contributed by atoms with Gasteiger partial charge >= 0.3 is 0 Å². The first kappa shape index (κ1) is 16.9. The fourth-order valence-corrected chi connectivity index (χ4v) is 3.28. The summed E-state index contributed by atoms with van der Waals surface area (Å²) in [7, 11) is 0. The Morgan fingerprint density at radius 3 is 2.19 bits per heavy atom. The smallest absolute Gasteiger partial charge is 0.226 e. The molecule has 0 spiro atoms. The molecule has 1 aromatic heterocycles. The van der Waals surface area contributed by atoms with Crippen LogP contribution < -0.4 is 0 Å². The molecule has 0 radical (unpaired) electrons. The van der Waals surface area contributed by atoms with Gasteiger partial charge in [-0.2, -0.15) is 0 Å². The molecule has 4 rings (SSSR count). The summed E-state index contributed by atoms with van der Waals surface area (Å²) in [5.41, 5.74) is 3.08. The van der Waals surface area contributed by atoms with Crippen LogP contribution in [0, 0.1) is 5.82 Å². The summed E-state index contributed by atoms with van der Waals surface area (Å²) in [6.45, 7) is 5.93. The van der Waals surface area contributed by atoms with Crippen LogP contribution in [-0.4, -0.2) is 41.0 Å². The van der Waals surface area contributed by atoms with Crippen molar-refractivity contribution in [1.29, 1.82) is 0 Å². The third-order valence-corrected chi connectivity index (χ3v) is 4.74. The lowest BCUT2D eigenvalue weighted by Crippen LogP contribution is -2.45. The number of nitrogens with zero attached hydrogens (tertiary/aromatic N) is 3. The summed E-state index contributed by atoms with van der Waals surface area (Å²) in [6.07, 6.45) is 1.70. The van der Waals surface area contributed by atoms with Crippen molar-refractivity contribution in [3.63, 3.8) is 0 Å². The maximum absolute atomic E-state index is 13.0. The van der Waals surface area contributed by atoms with Crippen LogP contribution in [0.25, 0.3) is 11.5 Å². The van der Waals surface area contributed by atoms with E-state index >= 15 is 0 Å². The lowest BCUT2D eigenvalue weighted by Gasteiger charge is -2.34. The van der Waals surface area contributed by atoms with Gasteiger partial charge in [-0.25, -0.2) is 9.37 Å². The van der Waals surface area contributed by atoms with E-state index in [2.05, 4.69) is 45.1 Å². The minimum Gasteiger partial charge on any atom is -0.444 e. The molecule has 5 heteroatoms. The number of rotatable bonds is 5. The fraction of sp³-hybridized carbons (Fsp3) is 0.286. The number of aromatic nitrogens is 1. The van der Waals surface area contributed by atoms with Gasteiger partial charge in [0.05, 0.1) is 5.69 Å². The van der Waals surface area contributed by atoms with Crippen LogP contribution in [0.15, 0.2) is 65.3 Å². The topological polar surface area (TPSA) is 32.5 Å². The second-order valence-corrected chi connectivity index (χ2v) is 6.69. The molecule has 0 atom stereocenters. The summed E-state index contributed by atoms with van der Waals surface area (Å²) in [4.78, 5) is 9.43. The predicted molar refractivity (Wildman–Crippen MR) is 98.9 cm³/mol. The van der Waals surface area contributed by atoms with Gasteiger partial charge in [0.25, 0.3) is 0 Å². The molecular formula is C21H22FN3O. The van der Waals surface area contributed by atoms with Gasteiger partial charge in [0.15, 0.2) is 0 Å². The maximum Gasteiger partial charge on any atom is 0.226 e. The summed E-state index contributed by atoms with van der Waals surface area (Å²) in [6, 6.07) is 16.8. The molecule has 0 amide bonds. The zero-order valence-corrected chi connectivity index (χ0v) is 14.6. The molecule has 3 aromatic rings. The molecule has 4 nitrogen and oxygen atoms in total. The normalized spacial score (nSPS) is 16.0. The van der Waals surface area contributed by atoms with Crippen LogP contribution in [0.3, 0.4) is 0 Å². The van der Waals surface area contributed by atoms with E-state index in [1.807, 2.05) is 0 Å². The minimum atomic E-state index is -0.256. The molecule has 0 N–H and O–H groups in total. The molecule has 1 aliphatic heterocycles. The Labute approximate surface area is 152 Å². The fourth-order valence-electron chi connectivity index (χ4n) is 3.28. The van der Waals surface area contributed by atoms with Gasteiger partial charge < -0.3 is 4.42 Å². The van der Waals surface area contributed by atoms with E-state index in [1.54, 1.807) is 18.4 Å². The van der Waals surface area contributed by atoms with Gasteiger partial charge in [-0.1, -0.05) is 30.3 Å². The molecule has 1 saturated heterocycles. The molecule has 2 aromatic carbocycles. The number of oxazole rings is 1. The second-order valence-electron chi connectivity index (χ2n) is 6.69. The first-order chi connectivity index (χ1) is 12.8. The van der Waals surface area contributed by atoms with Crippen LogP contribution in [0.5, 0.6) is 0 Å². The van der Waals surface area contributed by atoms with E-state index in [0.29, 0.717) is 5.89 Å². The van der Waals surface area contributed by atoms with Crippen molar-refractivity contribution < 1.29 is 8.81 Å². The van der Waals surface area contributed by atoms with Gasteiger partial charge in [-0.3, -0.25) is 9.80 Å². The Bertz CT molecular complexity index is 824. The molecule has 2 heterocycles. The Kier molecular flexibility index (Phi) is 5.09. The van der Waals surface area contributed by atoms with Gasteiger partial charge in [0.2, 0.25) is 5.89 Å². The van der Waals surface area contributed by atoms with Gasteiger partial charge in [-0.05, 0) is 29.8 Å². The Morgan fingerprint density at radius 1 is 0.846 bits per heavy atom. The molecule has 1 fully saturated rings. The number of hydrogen-bond acceptors (Lipinski definition) is 4. The highest BCUT2D eigenvalue weighted by Gasteiger charge is 2.18. The molecule has 134 valence electrons. The zero-order chi connectivity index (χ0) is 17.8. The third-order valence-electron chi connectivity index (χ3n) is 4.74. The van der Waals surface area contributed by atoms with Crippen molar-refractivity contribution >= 4 is 0 Å². The summed E-state index contributed by atoms with van der Waals surface area (Å²) < 4.78 is 18.6. The Balaban J connectivity index is 1.30. The highest BCUT2D eigenvalue weighted by Crippen LogP contribution is 2.20. The van der Waals surface area contributed by atoms with E-state index in [-0.39, 0.29) is 5.82 Å². The SMILES string of the molecule is Fc1ccc(-c2nc(CN3CCN(Cc4ccccc4)CC3)co2)cc1. The molecule has 0 unspecified atom stereocenters. The molecule has 0 aliphatic carbocycles. The van der Waals surface area contributed by atoms with Crippen molar-refractivity contribution in [2.75, 3.05) is 26.2 Å². The number of piperazine rings is 1. The van der Waals surface area contributed by atoms with Crippen LogP contribution >= 0.6 is 0 Å². The molecule has 26 heavy (non-hydrogen) atoms. The monoisotopic (exact) mass is 351 g/mol. The molecular weight excluding hydrogens is 329 g/mol. The summed E-state index contributed by atoms with van der Waals surface area (Å²) in [5.74, 6) is 0.289. The quantitative estimate of drug-likeness (QED) is 0.700. The van der Waals surface area contributed by atoms with Crippen LogP contribution in [-0.2, 0) is 13.1 Å². The van der Waals surface area contributed by atoms with E-state index in [9.17, 15) is 4.39 Å². The van der Waals surface area contributed by atoms with E-state index in [4.69, 9.17) is 4.42 Å². The second kappa shape index (κ2) is 7.81. The standard InChI is InChI=1S/C21H22FN3O/c22-19-8-6-18(7-9-19)21-23-20(16-26-21)15-25-12-10-24(11-13-25)14-17-4-2-1-3-5-17/h1-9,16H,10-15H2. The van der Waals surface area contributed by atoms with Crippen LogP contribution in [0.2, 0.25) is 0 Å². The molecule has 0 saturated carbocycles. The van der Waals surface area contributed by atoms with Crippen LogP contribution in [0.1, 0.15) is 11.3 Å². The average molecular weight is 351 g/mol. The van der Waals surface area contributed by atoms with Crippen molar-refractivity contribution in [2.45, 2.75) is 13.1 Å². The minimum absolute atomic E-state index is 0.256. The van der Waals surface area contributed by atoms with Crippen molar-refractivity contribution in [1.82, 2.24) is 14.8 Å². The lowest BCUT2D eigenvalue weighted by molar-refractivity contribution is 0.121. The van der Waals surface area contributed by atoms with Crippen molar-refractivity contribution in [3.8, 4) is 11.5 Å². The molecule has 1 aliphatic rings. The first-order valence-electron chi connectivity index (χ1n) is 8.95. The Morgan fingerprint density at radius 2 is 1.50 bits per heavy atom. The van der Waals surface area contributed by atoms with E-state index in [0.717, 1.165) is 50.5 Å². The van der Waals surface area contributed by atoms with Crippen molar-refractivity contribution in [3.05, 3.63) is 77.9 Å². The molecule has 0 bridgehead atoms. The average Bonchev–Trinajstić information content (AvgIpc) is 3.13. The summed E-state index contributed by atoms with van der Waals surface area (Å²) in [5, 5.41) is 0.